The van der Waals surface area contributed by atoms with Gasteiger partial charge in [0.1, 0.15) is 18.2 Å². The number of aromatic nitrogens is 2. The molecule has 11 rings (SSSR count). The number of ether oxygens (including phenoxy) is 2. The van der Waals surface area contributed by atoms with Gasteiger partial charge in [0.25, 0.3) is 0 Å². The number of aliphatic hydroxyl groups is 1. The molecular formula is C56H65ClF2N8O6. The lowest BCUT2D eigenvalue weighted by molar-refractivity contribution is -0.120. The van der Waals surface area contributed by atoms with Gasteiger partial charge in [-0.1, -0.05) is 54.9 Å². The fourth-order valence-corrected chi connectivity index (χ4v) is 13.9. The normalized spacial score (nSPS) is 25.9. The van der Waals surface area contributed by atoms with Crippen LogP contribution >= 0.6 is 11.6 Å². The van der Waals surface area contributed by atoms with Crippen molar-refractivity contribution in [3.05, 3.63) is 106 Å². The minimum Gasteiger partial charge on any atom is -0.488 e. The molecule has 4 aromatic carbocycles. The monoisotopic (exact) mass is 1020 g/mol. The molecule has 6 aliphatic rings. The molecule has 5 heterocycles. The van der Waals surface area contributed by atoms with Gasteiger partial charge in [-0.3, -0.25) is 24.5 Å². The first-order chi connectivity index (χ1) is 35.2. The molecule has 5 aromatic rings. The van der Waals surface area contributed by atoms with Crippen LogP contribution in [-0.2, 0) is 17.4 Å². The number of carbonyl (C=O) groups is 3. The third kappa shape index (κ3) is 9.04. The zero-order chi connectivity index (χ0) is 50.8. The zero-order valence-corrected chi connectivity index (χ0v) is 42.4. The number of aryl methyl sites for hydroxylation is 1. The number of likely N-dealkylation sites (tertiary alicyclic amines) is 2. The Balaban J connectivity index is 0.718. The van der Waals surface area contributed by atoms with E-state index in [2.05, 4.69) is 43.7 Å². The van der Waals surface area contributed by atoms with E-state index in [-0.39, 0.29) is 69.7 Å². The molecule has 2 bridgehead atoms. The second-order valence-corrected chi connectivity index (χ2v) is 22.2. The number of nitrogens with zero attached hydrogens (tertiary/aromatic N) is 5. The third-order valence-electron chi connectivity index (χ3n) is 17.6. The highest BCUT2D eigenvalue weighted by Crippen LogP contribution is 2.60. The molecule has 2 aliphatic carbocycles. The summed E-state index contributed by atoms with van der Waals surface area (Å²) in [6.07, 6.45) is 10.3. The molecule has 5 N–H and O–H groups in total. The highest BCUT2D eigenvalue weighted by atomic mass is 35.5. The van der Waals surface area contributed by atoms with Crippen LogP contribution < -0.4 is 30.7 Å². The molecule has 2 unspecified atom stereocenters. The van der Waals surface area contributed by atoms with E-state index in [0.29, 0.717) is 36.3 Å². The smallest absolute Gasteiger partial charge is 0.329 e. The first-order valence-corrected chi connectivity index (χ1v) is 26.5. The second-order valence-electron chi connectivity index (χ2n) is 21.9. The van der Waals surface area contributed by atoms with Crippen LogP contribution in [-0.4, -0.2) is 114 Å². The lowest BCUT2D eigenvalue weighted by Gasteiger charge is -2.40. The number of carbonyl (C=O) groups excluding carboxylic acids is 3. The summed E-state index contributed by atoms with van der Waals surface area (Å²) >= 11 is 6.79. The number of rotatable bonds is 15. The quantitative estimate of drug-likeness (QED) is 0.0801. The van der Waals surface area contributed by atoms with E-state index >= 15 is 8.78 Å². The zero-order valence-electron chi connectivity index (χ0n) is 41.7. The first kappa shape index (κ1) is 49.6. The van der Waals surface area contributed by atoms with Crippen molar-refractivity contribution in [1.29, 1.82) is 0 Å². The van der Waals surface area contributed by atoms with E-state index in [1.165, 1.54) is 36.6 Å². The van der Waals surface area contributed by atoms with E-state index in [0.717, 1.165) is 101 Å². The number of halogens is 3. The Bertz CT molecular complexity index is 2950. The summed E-state index contributed by atoms with van der Waals surface area (Å²) in [4.78, 5) is 44.2. The maximum atomic E-state index is 16.6. The number of piperidine rings is 2. The van der Waals surface area contributed by atoms with Crippen molar-refractivity contribution in [1.82, 2.24) is 30.2 Å². The number of benzene rings is 4. The number of nitrogens with one attached hydrogen (secondary N) is 2. The van der Waals surface area contributed by atoms with Crippen LogP contribution in [0, 0.1) is 23.0 Å². The Morgan fingerprint density at radius 3 is 2.41 bits per heavy atom. The Morgan fingerprint density at radius 2 is 1.70 bits per heavy atom. The number of aliphatic hydroxyl groups excluding tert-OH is 1. The van der Waals surface area contributed by atoms with E-state index in [9.17, 15) is 19.5 Å². The maximum Gasteiger partial charge on any atom is 0.329 e. The Labute approximate surface area is 429 Å². The molecule has 386 valence electrons. The van der Waals surface area contributed by atoms with Crippen LogP contribution in [0.2, 0.25) is 5.02 Å². The largest absolute Gasteiger partial charge is 0.488 e. The van der Waals surface area contributed by atoms with Gasteiger partial charge < -0.3 is 35.4 Å². The number of hydrogen-bond acceptors (Lipinski definition) is 10. The lowest BCUT2D eigenvalue weighted by atomic mass is 9.77. The number of anilines is 1. The topological polar surface area (TPSA) is 168 Å². The fourth-order valence-electron chi connectivity index (χ4n) is 13.7. The minimum atomic E-state index is -1.04. The van der Waals surface area contributed by atoms with E-state index in [4.69, 9.17) is 26.8 Å². The van der Waals surface area contributed by atoms with Gasteiger partial charge in [-0.05, 0) is 137 Å². The molecule has 17 heteroatoms. The van der Waals surface area contributed by atoms with Crippen molar-refractivity contribution >= 4 is 46.2 Å². The van der Waals surface area contributed by atoms with Crippen molar-refractivity contribution in [3.63, 3.8) is 0 Å². The predicted octanol–water partition coefficient (Wildman–Crippen LogP) is 8.36. The summed E-state index contributed by atoms with van der Waals surface area (Å²) in [5, 5.41) is 21.1. The molecule has 2 saturated carbocycles. The third-order valence-corrected chi connectivity index (χ3v) is 18.0. The number of fused-ring (bicyclic) bond motifs is 4. The number of hydrogen-bond donors (Lipinski definition) is 4. The van der Waals surface area contributed by atoms with Gasteiger partial charge in [0.05, 0.1) is 22.7 Å². The standard InChI is InChI=1S/C56H65ClF2N8O6/c1-34-46-44(29-41(58)49(57)48(46)47-40(51(60)70)10-11-43(50(47)59)72-27-26-68)73-56(34,38-6-4-3-5-7-38)32-61-55-19-17-54(31-55,18-20-55)33-66-21-12-35(13-22-66)30-65-23-14-36(15-24-65)37-8-9-39-42(28-37)64(2)63-52(39)67-25-16-45(69)62-53(67)71/h3-11,28-29,34-36,61,68H,12-27,30-33H2,1-2H3,(H2,60,70)(H,62,69,71). The van der Waals surface area contributed by atoms with Gasteiger partial charge in [0.2, 0.25) is 11.8 Å². The number of primary amides is 1. The van der Waals surface area contributed by atoms with Crippen molar-refractivity contribution < 1.29 is 37.7 Å². The van der Waals surface area contributed by atoms with Gasteiger partial charge >= 0.3 is 6.03 Å². The maximum absolute atomic E-state index is 16.6. The van der Waals surface area contributed by atoms with Crippen molar-refractivity contribution in [2.24, 2.45) is 24.1 Å². The van der Waals surface area contributed by atoms with Gasteiger partial charge in [-0.15, -0.1) is 0 Å². The predicted molar refractivity (Wildman–Crippen MR) is 275 cm³/mol. The van der Waals surface area contributed by atoms with E-state index < -0.39 is 35.1 Å². The summed E-state index contributed by atoms with van der Waals surface area (Å²) < 4.78 is 46.9. The summed E-state index contributed by atoms with van der Waals surface area (Å²) in [6, 6.07) is 19.8. The highest BCUT2D eigenvalue weighted by molar-refractivity contribution is 6.34. The summed E-state index contributed by atoms with van der Waals surface area (Å²) in [6.45, 7) is 8.78. The molecule has 0 spiro atoms. The highest BCUT2D eigenvalue weighted by Gasteiger charge is 2.57. The fraction of sp³-hybridized carbons (Fsp3) is 0.500. The van der Waals surface area contributed by atoms with Crippen LogP contribution in [0.25, 0.3) is 22.0 Å². The first-order valence-electron chi connectivity index (χ1n) is 26.1. The molecule has 1 aromatic heterocycles. The molecule has 73 heavy (non-hydrogen) atoms. The molecule has 0 radical (unpaired) electrons. The Hall–Kier alpha value is -5.65. The molecule has 2 atom stereocenters. The summed E-state index contributed by atoms with van der Waals surface area (Å²) in [5.74, 6) is -1.68. The van der Waals surface area contributed by atoms with Crippen LogP contribution in [0.3, 0.4) is 0 Å². The second kappa shape index (κ2) is 19.6. The number of urea groups is 1. The average Bonchev–Trinajstić information content (AvgIpc) is 4.12. The summed E-state index contributed by atoms with van der Waals surface area (Å²) in [5.41, 5.74) is 8.10. The van der Waals surface area contributed by atoms with Crippen LogP contribution in [0.1, 0.15) is 110 Å². The van der Waals surface area contributed by atoms with Crippen molar-refractivity contribution in [2.75, 3.05) is 70.5 Å². The van der Waals surface area contributed by atoms with Crippen LogP contribution in [0.5, 0.6) is 11.5 Å². The van der Waals surface area contributed by atoms with Gasteiger partial charge in [0, 0.05) is 79.2 Å². The Kier molecular flexibility index (Phi) is 13.3. The van der Waals surface area contributed by atoms with Gasteiger partial charge in [0.15, 0.2) is 23.0 Å². The molecule has 5 fully saturated rings. The molecule has 14 nitrogen and oxygen atoms in total. The van der Waals surface area contributed by atoms with E-state index in [1.807, 2.05) is 49.0 Å². The summed E-state index contributed by atoms with van der Waals surface area (Å²) in [7, 11) is 1.91. The molecular weight excluding hydrogens is 954 g/mol. The number of imide groups is 1. The lowest BCUT2D eigenvalue weighted by Crippen LogP contribution is -2.51. The molecule has 4 amide bonds. The number of nitrogens with two attached hydrogens (primary N) is 1. The van der Waals surface area contributed by atoms with Crippen molar-refractivity contribution in [2.45, 2.75) is 94.1 Å². The van der Waals surface area contributed by atoms with Crippen LogP contribution in [0.15, 0.2) is 66.7 Å². The molecule has 3 saturated heterocycles. The average molecular weight is 1020 g/mol. The minimum absolute atomic E-state index is 0.00500. The SMILES string of the molecule is CC1c2c(cc(F)c(Cl)c2-c2c(C(N)=O)ccc(OCCO)c2F)OC1(CNC12CCC(CN3CCC(CN4CCC(c5ccc6c(N7CCC(=O)NC7=O)nn(C)c6c5)CC4)CC3)(CC1)C2)c1ccccc1. The number of amides is 4. The Morgan fingerprint density at radius 1 is 0.959 bits per heavy atom. The molecule has 4 aliphatic heterocycles. The van der Waals surface area contributed by atoms with E-state index in [1.54, 1.807) is 4.90 Å². The van der Waals surface area contributed by atoms with Crippen molar-refractivity contribution in [3.8, 4) is 22.6 Å². The van der Waals surface area contributed by atoms with Gasteiger partial charge in [-0.2, -0.15) is 5.10 Å². The van der Waals surface area contributed by atoms with Gasteiger partial charge in [-0.25, -0.2) is 13.6 Å². The van der Waals surface area contributed by atoms with Crippen LogP contribution in [0.4, 0.5) is 19.4 Å².